The Morgan fingerprint density at radius 2 is 1.88 bits per heavy atom. The maximum Gasteiger partial charge on any atom is 0.215 e. The molecular weight excluding hydrogens is 344 g/mol. The fourth-order valence-electron chi connectivity index (χ4n) is 3.58. The van der Waals surface area contributed by atoms with Crippen LogP contribution in [0.25, 0.3) is 0 Å². The number of anilines is 1. The van der Waals surface area contributed by atoms with Crippen molar-refractivity contribution in [3.63, 3.8) is 0 Å². The van der Waals surface area contributed by atoms with Crippen LogP contribution in [0.3, 0.4) is 0 Å². The molecule has 1 aliphatic heterocycles. The van der Waals surface area contributed by atoms with Crippen LogP contribution in [0.4, 0.5) is 5.69 Å². The molecule has 4 nitrogen and oxygen atoms in total. The second kappa shape index (κ2) is 8.69. The molecule has 0 spiro atoms. The lowest BCUT2D eigenvalue weighted by molar-refractivity contribution is 0.580. The lowest BCUT2D eigenvalue weighted by atomic mass is 9.98. The summed E-state index contributed by atoms with van der Waals surface area (Å²) in [5.41, 5.74) is 4.76. The molecule has 0 unspecified atom stereocenters. The average molecular weight is 373 g/mol. The van der Waals surface area contributed by atoms with E-state index in [2.05, 4.69) is 34.7 Å². The summed E-state index contributed by atoms with van der Waals surface area (Å²) in [6, 6.07) is 15.9. The maximum absolute atomic E-state index is 12.2. The molecule has 1 heterocycles. The zero-order valence-corrected chi connectivity index (χ0v) is 16.3. The highest BCUT2D eigenvalue weighted by atomic mass is 32.2. The van der Waals surface area contributed by atoms with E-state index in [1.54, 1.807) is 0 Å². The van der Waals surface area contributed by atoms with Gasteiger partial charge >= 0.3 is 0 Å². The van der Waals surface area contributed by atoms with Gasteiger partial charge in [-0.1, -0.05) is 49.4 Å². The molecule has 0 saturated carbocycles. The van der Waals surface area contributed by atoms with Gasteiger partial charge in [-0.15, -0.1) is 0 Å². The Hall–Kier alpha value is -1.85. The van der Waals surface area contributed by atoms with E-state index in [1.807, 2.05) is 30.3 Å². The number of nitrogens with zero attached hydrogens (tertiary/aromatic N) is 1. The predicted molar refractivity (Wildman–Crippen MR) is 108 cm³/mol. The zero-order chi connectivity index (χ0) is 18.4. The first-order valence-corrected chi connectivity index (χ1v) is 11.1. The van der Waals surface area contributed by atoms with Crippen molar-refractivity contribution in [2.24, 2.45) is 0 Å². The van der Waals surface area contributed by atoms with Gasteiger partial charge in [-0.2, -0.15) is 0 Å². The van der Waals surface area contributed by atoms with Gasteiger partial charge in [-0.25, -0.2) is 13.1 Å². The molecule has 2 aromatic rings. The second-order valence-electron chi connectivity index (χ2n) is 6.94. The first kappa shape index (κ1) is 18.9. The van der Waals surface area contributed by atoms with Gasteiger partial charge in [0.25, 0.3) is 0 Å². The highest BCUT2D eigenvalue weighted by Gasteiger charge is 2.16. The molecule has 26 heavy (non-hydrogen) atoms. The summed E-state index contributed by atoms with van der Waals surface area (Å²) in [5, 5.41) is 0. The van der Waals surface area contributed by atoms with E-state index in [0.29, 0.717) is 6.54 Å². The van der Waals surface area contributed by atoms with Crippen molar-refractivity contribution in [1.29, 1.82) is 0 Å². The van der Waals surface area contributed by atoms with Crippen LogP contribution in [0.15, 0.2) is 48.5 Å². The van der Waals surface area contributed by atoms with Gasteiger partial charge in [0.15, 0.2) is 0 Å². The van der Waals surface area contributed by atoms with Gasteiger partial charge in [0.1, 0.15) is 0 Å². The van der Waals surface area contributed by atoms with Gasteiger partial charge in [0.2, 0.25) is 10.0 Å². The topological polar surface area (TPSA) is 49.4 Å². The maximum atomic E-state index is 12.2. The summed E-state index contributed by atoms with van der Waals surface area (Å²) in [6.07, 6.45) is 4.18. The van der Waals surface area contributed by atoms with E-state index < -0.39 is 10.0 Å². The Morgan fingerprint density at radius 1 is 1.08 bits per heavy atom. The molecule has 0 amide bonds. The van der Waals surface area contributed by atoms with Crippen LogP contribution in [0.1, 0.15) is 36.5 Å². The van der Waals surface area contributed by atoms with Crippen LogP contribution in [-0.2, 0) is 28.6 Å². The van der Waals surface area contributed by atoms with Gasteiger partial charge in [-0.3, -0.25) is 0 Å². The molecule has 0 aromatic heterocycles. The summed E-state index contributed by atoms with van der Waals surface area (Å²) in [6.45, 7) is 4.89. The largest absolute Gasteiger partial charge is 0.371 e. The molecule has 2 aromatic carbocycles. The Morgan fingerprint density at radius 3 is 2.65 bits per heavy atom. The third kappa shape index (κ3) is 5.08. The minimum atomic E-state index is -3.30. The third-order valence-electron chi connectivity index (χ3n) is 4.79. The van der Waals surface area contributed by atoms with Crippen molar-refractivity contribution in [3.05, 3.63) is 65.2 Å². The van der Waals surface area contributed by atoms with Crippen molar-refractivity contribution in [1.82, 2.24) is 4.72 Å². The number of fused-ring (bicyclic) bond motifs is 1. The van der Waals surface area contributed by atoms with E-state index in [4.69, 9.17) is 0 Å². The van der Waals surface area contributed by atoms with Gasteiger partial charge in [0.05, 0.1) is 5.75 Å². The second-order valence-corrected chi connectivity index (χ2v) is 8.75. The van der Waals surface area contributed by atoms with E-state index in [1.165, 1.54) is 23.2 Å². The van der Waals surface area contributed by atoms with E-state index in [-0.39, 0.29) is 5.75 Å². The summed E-state index contributed by atoms with van der Waals surface area (Å²) in [5.74, 6) is 0.0318. The van der Waals surface area contributed by atoms with Crippen molar-refractivity contribution in [2.45, 2.75) is 38.4 Å². The molecule has 5 heteroatoms. The fraction of sp³-hybridized carbons (Fsp3) is 0.429. The summed E-state index contributed by atoms with van der Waals surface area (Å²) in [4.78, 5) is 2.46. The zero-order valence-electron chi connectivity index (χ0n) is 15.4. The Labute approximate surface area is 157 Å². The van der Waals surface area contributed by atoms with Crippen LogP contribution >= 0.6 is 0 Å². The number of hydrogen-bond donors (Lipinski definition) is 1. The van der Waals surface area contributed by atoms with Crippen LogP contribution in [0, 0.1) is 0 Å². The van der Waals surface area contributed by atoms with Gasteiger partial charge in [-0.05, 0) is 48.4 Å². The standard InChI is InChI=1S/C21H28N2O2S/c1-2-14-23-15-6-9-20-16-18(10-11-21(20)23)12-13-22-26(24,25)17-19-7-4-3-5-8-19/h3-5,7-8,10-11,16,22H,2,6,9,12-15,17H2,1H3. The molecule has 3 rings (SSSR count). The molecule has 0 fully saturated rings. The first-order chi connectivity index (χ1) is 12.6. The number of sulfonamides is 1. The minimum absolute atomic E-state index is 0.0318. The molecule has 0 bridgehead atoms. The van der Waals surface area contributed by atoms with Crippen molar-refractivity contribution >= 4 is 15.7 Å². The van der Waals surface area contributed by atoms with Gasteiger partial charge in [0, 0.05) is 25.3 Å². The van der Waals surface area contributed by atoms with Crippen molar-refractivity contribution < 1.29 is 8.42 Å². The number of benzene rings is 2. The van der Waals surface area contributed by atoms with E-state index >= 15 is 0 Å². The van der Waals surface area contributed by atoms with Crippen LogP contribution < -0.4 is 9.62 Å². The SMILES string of the molecule is CCCN1CCCc2cc(CCNS(=O)(=O)Cc3ccccc3)ccc21. The molecule has 0 saturated heterocycles. The van der Waals surface area contributed by atoms with E-state index in [0.717, 1.165) is 37.9 Å². The third-order valence-corrected chi connectivity index (χ3v) is 6.14. The Kier molecular flexibility index (Phi) is 6.33. The number of rotatable bonds is 8. The Bertz CT molecular complexity index is 819. The monoisotopic (exact) mass is 372 g/mol. The molecule has 0 atom stereocenters. The quantitative estimate of drug-likeness (QED) is 0.771. The molecule has 0 radical (unpaired) electrons. The first-order valence-electron chi connectivity index (χ1n) is 9.45. The molecule has 140 valence electrons. The van der Waals surface area contributed by atoms with Gasteiger partial charge < -0.3 is 4.90 Å². The highest BCUT2D eigenvalue weighted by molar-refractivity contribution is 7.88. The predicted octanol–water partition coefficient (Wildman–Crippen LogP) is 3.51. The Balaban J connectivity index is 1.57. The van der Waals surface area contributed by atoms with E-state index in [9.17, 15) is 8.42 Å². The van der Waals surface area contributed by atoms with Crippen LogP contribution in [-0.4, -0.2) is 28.1 Å². The average Bonchev–Trinajstić information content (AvgIpc) is 2.62. The smallest absolute Gasteiger partial charge is 0.215 e. The normalized spacial score (nSPS) is 14.3. The summed E-state index contributed by atoms with van der Waals surface area (Å²) in [7, 11) is -3.30. The number of nitrogens with one attached hydrogen (secondary N) is 1. The van der Waals surface area contributed by atoms with Crippen molar-refractivity contribution in [3.8, 4) is 0 Å². The summed E-state index contributed by atoms with van der Waals surface area (Å²) < 4.78 is 27.2. The number of aryl methyl sites for hydroxylation is 1. The van der Waals surface area contributed by atoms with Crippen LogP contribution in [0.5, 0.6) is 0 Å². The lowest BCUT2D eigenvalue weighted by Gasteiger charge is -2.31. The highest BCUT2D eigenvalue weighted by Crippen LogP contribution is 2.28. The van der Waals surface area contributed by atoms with Crippen molar-refractivity contribution in [2.75, 3.05) is 24.5 Å². The molecule has 0 aliphatic carbocycles. The molecule has 1 N–H and O–H groups in total. The van der Waals surface area contributed by atoms with Crippen LogP contribution in [0.2, 0.25) is 0 Å². The fourth-order valence-corrected chi connectivity index (χ4v) is 4.73. The lowest BCUT2D eigenvalue weighted by Crippen LogP contribution is -2.30. The molecule has 1 aliphatic rings. The summed E-state index contributed by atoms with van der Waals surface area (Å²) >= 11 is 0. The number of hydrogen-bond acceptors (Lipinski definition) is 3. The minimum Gasteiger partial charge on any atom is -0.371 e. The molecular formula is C21H28N2O2S.